The normalized spacial score (nSPS) is 14.4. The van der Waals surface area contributed by atoms with Crippen LogP contribution >= 0.6 is 0 Å². The summed E-state index contributed by atoms with van der Waals surface area (Å²) in [6.45, 7) is 2.79. The van der Waals surface area contributed by atoms with Crippen LogP contribution < -0.4 is 27.4 Å². The number of aliphatic carboxylic acids is 1. The Morgan fingerprint density at radius 3 is 2.00 bits per heavy atom. The van der Waals surface area contributed by atoms with Gasteiger partial charge in [0.25, 0.3) is 0 Å². The van der Waals surface area contributed by atoms with Crippen LogP contribution in [0.3, 0.4) is 0 Å². The van der Waals surface area contributed by atoms with Crippen LogP contribution in [0.15, 0.2) is 30.3 Å². The van der Waals surface area contributed by atoms with Gasteiger partial charge in [0.2, 0.25) is 23.6 Å². The quantitative estimate of drug-likeness (QED) is 0.227. The van der Waals surface area contributed by atoms with Crippen LogP contribution in [0.4, 0.5) is 0 Å². The molecule has 0 aliphatic carbocycles. The average molecular weight is 435 g/mol. The van der Waals surface area contributed by atoms with E-state index >= 15 is 0 Å². The van der Waals surface area contributed by atoms with Crippen molar-refractivity contribution in [3.63, 3.8) is 0 Å². The van der Waals surface area contributed by atoms with Crippen LogP contribution in [0.1, 0.15) is 32.3 Å². The lowest BCUT2D eigenvalue weighted by molar-refractivity contribution is -0.142. The van der Waals surface area contributed by atoms with E-state index in [0.717, 1.165) is 5.56 Å². The van der Waals surface area contributed by atoms with Crippen molar-refractivity contribution in [2.45, 2.75) is 57.3 Å². The zero-order chi connectivity index (χ0) is 23.6. The molecule has 4 atom stereocenters. The summed E-state index contributed by atoms with van der Waals surface area (Å²) < 4.78 is 0. The highest BCUT2D eigenvalue weighted by Gasteiger charge is 2.28. The Kier molecular flexibility index (Phi) is 10.1. The first-order valence-electron chi connectivity index (χ1n) is 9.73. The predicted molar refractivity (Wildman–Crippen MR) is 111 cm³/mol. The van der Waals surface area contributed by atoms with Gasteiger partial charge in [-0.05, 0) is 25.8 Å². The fraction of sp³-hybridized carbons (Fsp3) is 0.450. The molecule has 0 radical (unpaired) electrons. The molecule has 170 valence electrons. The molecule has 11 heteroatoms. The third-order valence-corrected chi connectivity index (χ3v) is 4.38. The van der Waals surface area contributed by atoms with E-state index in [1.165, 1.54) is 13.8 Å². The Bertz CT molecular complexity index is 799. The maximum atomic E-state index is 12.5. The van der Waals surface area contributed by atoms with Gasteiger partial charge in [0.1, 0.15) is 18.1 Å². The molecule has 0 saturated carbocycles. The first-order valence-corrected chi connectivity index (χ1v) is 9.73. The Morgan fingerprint density at radius 2 is 1.48 bits per heavy atom. The van der Waals surface area contributed by atoms with E-state index in [4.69, 9.17) is 11.5 Å². The first kappa shape index (κ1) is 25.6. The number of carbonyl (C=O) groups is 5. The fourth-order valence-electron chi connectivity index (χ4n) is 2.58. The average Bonchev–Trinajstić information content (AvgIpc) is 2.70. The molecule has 0 heterocycles. The molecule has 0 aromatic heterocycles. The molecule has 0 aliphatic heterocycles. The van der Waals surface area contributed by atoms with E-state index in [1.54, 1.807) is 30.3 Å². The van der Waals surface area contributed by atoms with Crippen molar-refractivity contribution >= 4 is 29.6 Å². The fourth-order valence-corrected chi connectivity index (χ4v) is 2.58. The molecule has 1 rings (SSSR count). The summed E-state index contributed by atoms with van der Waals surface area (Å²) in [4.78, 5) is 59.4. The standard InChI is InChI=1S/C20H29N5O6/c1-11(21)17(27)24-14(8-9-16(22)26)19(29)23-12(2)18(28)25-15(20(30)31)10-13-6-4-3-5-7-13/h3-7,11-12,14-15H,8-10,21H2,1-2H3,(H2,22,26)(H,23,29)(H,24,27)(H,25,28)(H,30,31)/t11-,12-,14-,15-/m0/s1. The number of nitrogens with two attached hydrogens (primary N) is 2. The van der Waals surface area contributed by atoms with Gasteiger partial charge in [0.05, 0.1) is 6.04 Å². The number of hydrogen-bond donors (Lipinski definition) is 6. The first-order chi connectivity index (χ1) is 14.5. The zero-order valence-electron chi connectivity index (χ0n) is 17.5. The molecule has 4 amide bonds. The minimum absolute atomic E-state index is 0.0638. The van der Waals surface area contributed by atoms with Crippen LogP contribution in [-0.4, -0.2) is 58.9 Å². The van der Waals surface area contributed by atoms with Gasteiger partial charge in [-0.15, -0.1) is 0 Å². The minimum atomic E-state index is -1.22. The number of hydrogen-bond acceptors (Lipinski definition) is 6. The summed E-state index contributed by atoms with van der Waals surface area (Å²) >= 11 is 0. The van der Waals surface area contributed by atoms with Gasteiger partial charge >= 0.3 is 5.97 Å². The van der Waals surface area contributed by atoms with Crippen LogP contribution in [0.25, 0.3) is 0 Å². The summed E-state index contributed by atoms with van der Waals surface area (Å²) in [7, 11) is 0. The molecule has 0 unspecified atom stereocenters. The van der Waals surface area contributed by atoms with Gasteiger partial charge in [-0.3, -0.25) is 19.2 Å². The van der Waals surface area contributed by atoms with Crippen LogP contribution in [0.2, 0.25) is 0 Å². The molecule has 0 fully saturated rings. The molecule has 0 aliphatic rings. The van der Waals surface area contributed by atoms with Gasteiger partial charge in [-0.25, -0.2) is 4.79 Å². The number of benzene rings is 1. The number of carbonyl (C=O) groups excluding carboxylic acids is 4. The lowest BCUT2D eigenvalue weighted by atomic mass is 10.1. The van der Waals surface area contributed by atoms with E-state index in [1.807, 2.05) is 0 Å². The van der Waals surface area contributed by atoms with E-state index in [-0.39, 0.29) is 19.3 Å². The molecule has 11 nitrogen and oxygen atoms in total. The maximum Gasteiger partial charge on any atom is 0.326 e. The summed E-state index contributed by atoms with van der Waals surface area (Å²) in [5, 5.41) is 16.6. The lowest BCUT2D eigenvalue weighted by Crippen LogP contribution is -2.56. The molecule has 31 heavy (non-hydrogen) atoms. The number of carboxylic acids is 1. The van der Waals surface area contributed by atoms with Crippen molar-refractivity contribution < 1.29 is 29.1 Å². The van der Waals surface area contributed by atoms with Crippen LogP contribution in [0.5, 0.6) is 0 Å². The third kappa shape index (κ3) is 9.26. The minimum Gasteiger partial charge on any atom is -0.480 e. The van der Waals surface area contributed by atoms with Gasteiger partial charge in [-0.1, -0.05) is 30.3 Å². The lowest BCUT2D eigenvalue weighted by Gasteiger charge is -2.23. The Morgan fingerprint density at radius 1 is 0.903 bits per heavy atom. The number of amides is 4. The van der Waals surface area contributed by atoms with Crippen molar-refractivity contribution in [3.8, 4) is 0 Å². The van der Waals surface area contributed by atoms with Crippen LogP contribution in [0, 0.1) is 0 Å². The molecule has 1 aromatic carbocycles. The molecule has 0 saturated heterocycles. The van der Waals surface area contributed by atoms with Crippen molar-refractivity contribution in [1.29, 1.82) is 0 Å². The van der Waals surface area contributed by atoms with Crippen molar-refractivity contribution in [1.82, 2.24) is 16.0 Å². The van der Waals surface area contributed by atoms with Crippen molar-refractivity contribution in [3.05, 3.63) is 35.9 Å². The largest absolute Gasteiger partial charge is 0.480 e. The van der Waals surface area contributed by atoms with Crippen molar-refractivity contribution in [2.75, 3.05) is 0 Å². The Hall–Kier alpha value is -3.47. The highest BCUT2D eigenvalue weighted by molar-refractivity contribution is 5.94. The highest BCUT2D eigenvalue weighted by Crippen LogP contribution is 2.04. The van der Waals surface area contributed by atoms with Gasteiger partial charge in [0, 0.05) is 12.8 Å². The summed E-state index contributed by atoms with van der Waals surface area (Å²) in [6, 6.07) is 4.43. The molecule has 0 spiro atoms. The number of nitrogens with one attached hydrogen (secondary N) is 3. The molecule has 0 bridgehead atoms. The zero-order valence-corrected chi connectivity index (χ0v) is 17.5. The Balaban J connectivity index is 2.76. The van der Waals surface area contributed by atoms with Crippen LogP contribution in [-0.2, 0) is 30.4 Å². The van der Waals surface area contributed by atoms with Gasteiger partial charge in [-0.2, -0.15) is 0 Å². The maximum absolute atomic E-state index is 12.5. The van der Waals surface area contributed by atoms with Gasteiger partial charge < -0.3 is 32.5 Å². The van der Waals surface area contributed by atoms with E-state index in [0.29, 0.717) is 0 Å². The monoisotopic (exact) mass is 435 g/mol. The molecular weight excluding hydrogens is 406 g/mol. The van der Waals surface area contributed by atoms with E-state index < -0.39 is 53.8 Å². The summed E-state index contributed by atoms with van der Waals surface area (Å²) in [5.41, 5.74) is 11.3. The third-order valence-electron chi connectivity index (χ3n) is 4.38. The second-order valence-electron chi connectivity index (χ2n) is 7.17. The Labute approximate surface area is 179 Å². The molecular formula is C20H29N5O6. The highest BCUT2D eigenvalue weighted by atomic mass is 16.4. The predicted octanol–water partition coefficient (Wildman–Crippen LogP) is -1.60. The second kappa shape index (κ2) is 12.3. The number of rotatable bonds is 12. The topological polar surface area (TPSA) is 194 Å². The van der Waals surface area contributed by atoms with E-state index in [9.17, 15) is 29.1 Å². The number of carboxylic acid groups (broad SMARTS) is 1. The summed E-state index contributed by atoms with van der Waals surface area (Å²) in [5.74, 6) is -3.95. The van der Waals surface area contributed by atoms with E-state index in [2.05, 4.69) is 16.0 Å². The van der Waals surface area contributed by atoms with Crippen molar-refractivity contribution in [2.24, 2.45) is 11.5 Å². The molecule has 8 N–H and O–H groups in total. The summed E-state index contributed by atoms with van der Waals surface area (Å²) in [6.07, 6.45) is -0.190. The second-order valence-corrected chi connectivity index (χ2v) is 7.17. The molecule has 1 aromatic rings. The SMILES string of the molecule is C[C@H](N)C(=O)N[C@@H](CCC(N)=O)C(=O)N[C@@H](C)C(=O)N[C@@H](Cc1ccccc1)C(=O)O. The smallest absolute Gasteiger partial charge is 0.326 e. The van der Waals surface area contributed by atoms with Gasteiger partial charge in [0.15, 0.2) is 0 Å². The number of primary amides is 1.